The van der Waals surface area contributed by atoms with Gasteiger partial charge in [0.05, 0.1) is 24.3 Å². The van der Waals surface area contributed by atoms with E-state index in [-0.39, 0.29) is 0 Å². The summed E-state index contributed by atoms with van der Waals surface area (Å²) < 4.78 is 7.45. The third-order valence-corrected chi connectivity index (χ3v) is 3.07. The Morgan fingerprint density at radius 2 is 2.20 bits per heavy atom. The first kappa shape index (κ1) is 14.3. The summed E-state index contributed by atoms with van der Waals surface area (Å²) in [5, 5.41) is 9.06. The number of imidazole rings is 1. The molecule has 0 aliphatic heterocycles. The molecule has 106 valence electrons. The quantitative estimate of drug-likeness (QED) is 0.796. The number of fused-ring (bicyclic) bond motifs is 1. The second-order valence-electron chi connectivity index (χ2n) is 4.82. The molecule has 0 aliphatic carbocycles. The summed E-state index contributed by atoms with van der Waals surface area (Å²) in [5.41, 5.74) is 7.99. The molecule has 0 saturated heterocycles. The van der Waals surface area contributed by atoms with Crippen molar-refractivity contribution in [2.24, 2.45) is 0 Å². The first-order chi connectivity index (χ1) is 9.63. The van der Waals surface area contributed by atoms with Crippen LogP contribution in [0.5, 0.6) is 0 Å². The van der Waals surface area contributed by atoms with Gasteiger partial charge in [0.25, 0.3) is 0 Å². The van der Waals surface area contributed by atoms with Gasteiger partial charge in [0.1, 0.15) is 11.6 Å². The summed E-state index contributed by atoms with van der Waals surface area (Å²) in [7, 11) is 4.02. The molecule has 0 spiro atoms. The van der Waals surface area contributed by atoms with Crippen LogP contribution in [-0.2, 0) is 11.3 Å². The van der Waals surface area contributed by atoms with Crippen molar-refractivity contribution in [3.05, 3.63) is 23.8 Å². The van der Waals surface area contributed by atoms with Gasteiger partial charge in [-0.2, -0.15) is 5.26 Å². The van der Waals surface area contributed by atoms with Crippen molar-refractivity contribution in [1.82, 2.24) is 14.5 Å². The second kappa shape index (κ2) is 6.37. The highest BCUT2D eigenvalue weighted by atomic mass is 16.5. The molecule has 1 heterocycles. The normalized spacial score (nSPS) is 11.1. The van der Waals surface area contributed by atoms with E-state index < -0.39 is 0 Å². The molecule has 0 bridgehead atoms. The number of benzene rings is 1. The molecule has 0 saturated carbocycles. The van der Waals surface area contributed by atoms with E-state index in [1.807, 2.05) is 30.8 Å². The summed E-state index contributed by atoms with van der Waals surface area (Å²) in [6, 6.07) is 7.63. The van der Waals surface area contributed by atoms with Crippen molar-refractivity contribution in [1.29, 1.82) is 5.26 Å². The number of ether oxygens (including phenoxy) is 1. The van der Waals surface area contributed by atoms with Gasteiger partial charge in [0, 0.05) is 13.1 Å². The summed E-state index contributed by atoms with van der Waals surface area (Å²) in [6.45, 7) is 2.77. The number of nitrogens with two attached hydrogens (primary N) is 1. The fraction of sp³-hybridized carbons (Fsp3) is 0.429. The minimum absolute atomic E-state index is 0.416. The number of nitrogen functional groups attached to an aromatic ring is 1. The lowest BCUT2D eigenvalue weighted by Gasteiger charge is -2.11. The number of anilines is 1. The zero-order valence-corrected chi connectivity index (χ0v) is 11.8. The van der Waals surface area contributed by atoms with Gasteiger partial charge in [-0.05, 0) is 26.2 Å². The van der Waals surface area contributed by atoms with Gasteiger partial charge in [0.15, 0.2) is 0 Å². The van der Waals surface area contributed by atoms with E-state index in [0.29, 0.717) is 36.8 Å². The van der Waals surface area contributed by atoms with Crippen molar-refractivity contribution in [2.45, 2.75) is 6.54 Å². The Labute approximate surface area is 118 Å². The molecule has 0 aliphatic rings. The number of likely N-dealkylation sites (N-methyl/N-ethyl adjacent to an activating group) is 1. The second-order valence-corrected chi connectivity index (χ2v) is 4.82. The minimum Gasteiger partial charge on any atom is -0.378 e. The molecule has 2 aromatic rings. The maximum atomic E-state index is 9.06. The third kappa shape index (κ3) is 3.07. The first-order valence-corrected chi connectivity index (χ1v) is 6.50. The van der Waals surface area contributed by atoms with Crippen molar-refractivity contribution in [3.63, 3.8) is 0 Å². The average Bonchev–Trinajstić information content (AvgIpc) is 2.74. The lowest BCUT2D eigenvalue weighted by molar-refractivity contribution is 0.112. The van der Waals surface area contributed by atoms with Gasteiger partial charge in [-0.15, -0.1) is 0 Å². The number of nitriles is 1. The van der Waals surface area contributed by atoms with Gasteiger partial charge < -0.3 is 19.9 Å². The van der Waals surface area contributed by atoms with E-state index in [1.165, 1.54) is 0 Å². The largest absolute Gasteiger partial charge is 0.378 e. The van der Waals surface area contributed by atoms with Crippen LogP contribution >= 0.6 is 0 Å². The Hall–Kier alpha value is -2.10. The number of rotatable bonds is 6. The predicted octanol–water partition coefficient (Wildman–Crippen LogP) is 1.07. The highest BCUT2D eigenvalue weighted by molar-refractivity contribution is 5.83. The molecule has 0 unspecified atom stereocenters. The van der Waals surface area contributed by atoms with Crippen molar-refractivity contribution < 1.29 is 4.74 Å². The molecule has 6 nitrogen and oxygen atoms in total. The predicted molar refractivity (Wildman–Crippen MR) is 78.2 cm³/mol. The van der Waals surface area contributed by atoms with E-state index in [1.54, 1.807) is 6.07 Å². The third-order valence-electron chi connectivity index (χ3n) is 3.07. The summed E-state index contributed by atoms with van der Waals surface area (Å²) in [4.78, 5) is 6.34. The van der Waals surface area contributed by atoms with Crippen molar-refractivity contribution in [2.75, 3.05) is 39.6 Å². The van der Waals surface area contributed by atoms with E-state index in [0.717, 1.165) is 12.1 Å². The maximum Gasteiger partial charge on any atom is 0.201 e. The molecule has 1 aromatic heterocycles. The van der Waals surface area contributed by atoms with Crippen LogP contribution in [-0.4, -0.2) is 48.3 Å². The van der Waals surface area contributed by atoms with Crippen LogP contribution in [0.15, 0.2) is 18.2 Å². The van der Waals surface area contributed by atoms with Crippen molar-refractivity contribution in [3.8, 4) is 6.07 Å². The maximum absolute atomic E-state index is 9.06. The van der Waals surface area contributed by atoms with Crippen LogP contribution in [0.25, 0.3) is 11.0 Å². The van der Waals surface area contributed by atoms with E-state index in [2.05, 4.69) is 16.0 Å². The molecular formula is C14H19N5O. The molecule has 0 fully saturated rings. The van der Waals surface area contributed by atoms with Crippen LogP contribution in [0, 0.1) is 11.3 Å². The summed E-state index contributed by atoms with van der Waals surface area (Å²) in [6.07, 6.45) is 0. The topological polar surface area (TPSA) is 80.1 Å². The van der Waals surface area contributed by atoms with E-state index >= 15 is 0 Å². The SMILES string of the molecule is CN(C)CCOCCn1c(N)nc2c(C#N)cccc21. The zero-order valence-electron chi connectivity index (χ0n) is 11.8. The molecule has 2 rings (SSSR count). The Bertz CT molecular complexity index is 626. The molecule has 0 atom stereocenters. The monoisotopic (exact) mass is 273 g/mol. The molecule has 20 heavy (non-hydrogen) atoms. The smallest absolute Gasteiger partial charge is 0.201 e. The molecule has 0 radical (unpaired) electrons. The highest BCUT2D eigenvalue weighted by Gasteiger charge is 2.10. The van der Waals surface area contributed by atoms with Crippen LogP contribution < -0.4 is 5.73 Å². The van der Waals surface area contributed by atoms with Gasteiger partial charge in [0.2, 0.25) is 5.95 Å². The standard InChI is InChI=1S/C14H19N5O/c1-18(2)6-8-20-9-7-19-12-5-3-4-11(10-15)13(12)17-14(19)16/h3-5H,6-9H2,1-2H3,(H2,16,17). The lowest BCUT2D eigenvalue weighted by Crippen LogP contribution is -2.19. The van der Waals surface area contributed by atoms with Gasteiger partial charge in [-0.1, -0.05) is 6.07 Å². The van der Waals surface area contributed by atoms with Crippen LogP contribution in [0.4, 0.5) is 5.95 Å². The zero-order chi connectivity index (χ0) is 14.5. The summed E-state index contributed by atoms with van der Waals surface area (Å²) in [5.74, 6) is 0.416. The first-order valence-electron chi connectivity index (χ1n) is 6.50. The van der Waals surface area contributed by atoms with E-state index in [4.69, 9.17) is 15.7 Å². The van der Waals surface area contributed by atoms with Crippen molar-refractivity contribution >= 4 is 17.0 Å². The number of para-hydroxylation sites is 1. The molecule has 1 aromatic carbocycles. The Kier molecular flexibility index (Phi) is 4.56. The highest BCUT2D eigenvalue weighted by Crippen LogP contribution is 2.20. The van der Waals surface area contributed by atoms with Gasteiger partial charge >= 0.3 is 0 Å². The lowest BCUT2D eigenvalue weighted by atomic mass is 10.2. The molecule has 0 amide bonds. The Morgan fingerprint density at radius 1 is 1.40 bits per heavy atom. The van der Waals surface area contributed by atoms with Gasteiger partial charge in [-0.3, -0.25) is 0 Å². The Morgan fingerprint density at radius 3 is 2.90 bits per heavy atom. The fourth-order valence-electron chi connectivity index (χ4n) is 2.00. The number of hydrogen-bond donors (Lipinski definition) is 1. The van der Waals surface area contributed by atoms with Crippen LogP contribution in [0.2, 0.25) is 0 Å². The summed E-state index contributed by atoms with van der Waals surface area (Å²) >= 11 is 0. The minimum atomic E-state index is 0.416. The van der Waals surface area contributed by atoms with Crippen LogP contribution in [0.3, 0.4) is 0 Å². The van der Waals surface area contributed by atoms with Gasteiger partial charge in [-0.25, -0.2) is 4.98 Å². The fourth-order valence-corrected chi connectivity index (χ4v) is 2.00. The molecular weight excluding hydrogens is 254 g/mol. The average molecular weight is 273 g/mol. The molecule has 2 N–H and O–H groups in total. The van der Waals surface area contributed by atoms with Crippen LogP contribution in [0.1, 0.15) is 5.56 Å². The number of aromatic nitrogens is 2. The van der Waals surface area contributed by atoms with E-state index in [9.17, 15) is 0 Å². The Balaban J connectivity index is 2.07. The molecule has 6 heteroatoms. The number of nitrogens with zero attached hydrogens (tertiary/aromatic N) is 4. The number of hydrogen-bond acceptors (Lipinski definition) is 5.